The Labute approximate surface area is 120 Å². The Morgan fingerprint density at radius 1 is 1.50 bits per heavy atom. The first kappa shape index (κ1) is 14.6. The lowest BCUT2D eigenvalue weighted by atomic mass is 9.92. The van der Waals surface area contributed by atoms with Crippen molar-refractivity contribution in [3.8, 4) is 0 Å². The molecule has 1 aliphatic heterocycles. The summed E-state index contributed by atoms with van der Waals surface area (Å²) in [6.45, 7) is 7.69. The van der Waals surface area contributed by atoms with Crippen LogP contribution in [0.4, 0.5) is 11.4 Å². The minimum absolute atomic E-state index is 0.171. The molecular weight excluding hydrogens is 252 g/mol. The molecule has 0 radical (unpaired) electrons. The van der Waals surface area contributed by atoms with Crippen molar-refractivity contribution in [3.63, 3.8) is 0 Å². The Morgan fingerprint density at radius 3 is 2.80 bits per heavy atom. The highest BCUT2D eigenvalue weighted by molar-refractivity contribution is 5.86. The summed E-state index contributed by atoms with van der Waals surface area (Å²) < 4.78 is 0. The van der Waals surface area contributed by atoms with Crippen LogP contribution in [-0.4, -0.2) is 29.0 Å². The van der Waals surface area contributed by atoms with Crippen LogP contribution in [0.5, 0.6) is 0 Å². The lowest BCUT2D eigenvalue weighted by Crippen LogP contribution is -2.46. The van der Waals surface area contributed by atoms with E-state index in [1.54, 1.807) is 12.4 Å². The van der Waals surface area contributed by atoms with Gasteiger partial charge in [-0.3, -0.25) is 19.8 Å². The van der Waals surface area contributed by atoms with Gasteiger partial charge in [0.1, 0.15) is 0 Å². The molecule has 110 valence electrons. The van der Waals surface area contributed by atoms with E-state index in [4.69, 9.17) is 5.73 Å². The summed E-state index contributed by atoms with van der Waals surface area (Å²) in [5.74, 6) is 0.171. The topological polar surface area (TPSA) is 62.5 Å². The molecule has 1 fully saturated rings. The Bertz CT molecular complexity index is 487. The van der Waals surface area contributed by atoms with E-state index in [2.05, 4.69) is 11.9 Å². The van der Waals surface area contributed by atoms with E-state index >= 15 is 0 Å². The van der Waals surface area contributed by atoms with E-state index in [9.17, 15) is 4.79 Å². The first-order valence-electron chi connectivity index (χ1n) is 7.26. The summed E-state index contributed by atoms with van der Waals surface area (Å²) in [6, 6.07) is 1.88. The van der Waals surface area contributed by atoms with Gasteiger partial charge in [0, 0.05) is 24.7 Å². The molecule has 1 amide bonds. The van der Waals surface area contributed by atoms with Crippen molar-refractivity contribution < 1.29 is 4.79 Å². The predicted octanol–water partition coefficient (Wildman–Crippen LogP) is 2.44. The van der Waals surface area contributed by atoms with Crippen molar-refractivity contribution in [1.82, 2.24) is 9.99 Å². The van der Waals surface area contributed by atoms with E-state index in [-0.39, 0.29) is 11.3 Å². The Hall–Kier alpha value is -1.78. The molecule has 0 atom stereocenters. The zero-order valence-electron chi connectivity index (χ0n) is 12.6. The molecule has 0 bridgehead atoms. The van der Waals surface area contributed by atoms with Crippen LogP contribution < -0.4 is 10.7 Å². The highest BCUT2D eigenvalue weighted by atomic mass is 16.2. The second-order valence-corrected chi connectivity index (χ2v) is 5.97. The van der Waals surface area contributed by atoms with Crippen LogP contribution in [0.15, 0.2) is 18.5 Å². The molecule has 2 rings (SSSR count). The molecule has 2 N–H and O–H groups in total. The maximum Gasteiger partial charge on any atom is 0.246 e. The number of nitrogens with zero attached hydrogens (tertiary/aromatic N) is 3. The van der Waals surface area contributed by atoms with E-state index in [0.29, 0.717) is 5.69 Å². The van der Waals surface area contributed by atoms with Crippen molar-refractivity contribution in [2.24, 2.45) is 5.41 Å². The molecule has 1 aromatic rings. The number of pyridine rings is 1. The number of nitrogen functional groups attached to an aromatic ring is 1. The number of hydrogen-bond acceptors (Lipinski definition) is 4. The molecule has 0 saturated carbocycles. The summed E-state index contributed by atoms with van der Waals surface area (Å²) >= 11 is 0. The van der Waals surface area contributed by atoms with Gasteiger partial charge in [-0.15, -0.1) is 0 Å². The molecule has 0 spiro atoms. The number of unbranched alkanes of at least 4 members (excludes halogenated alkanes) is 1. The van der Waals surface area contributed by atoms with Crippen LogP contribution in [-0.2, 0) is 4.79 Å². The quantitative estimate of drug-likeness (QED) is 0.897. The first-order chi connectivity index (χ1) is 9.47. The molecule has 5 heteroatoms. The molecule has 0 aromatic carbocycles. The largest absolute Gasteiger partial charge is 0.396 e. The number of aromatic nitrogens is 1. The number of rotatable bonds is 5. The number of nitrogens with two attached hydrogens (primary N) is 1. The molecule has 1 saturated heterocycles. The summed E-state index contributed by atoms with van der Waals surface area (Å²) in [6.07, 6.45) is 6.33. The lowest BCUT2D eigenvalue weighted by Gasteiger charge is -2.35. The summed E-state index contributed by atoms with van der Waals surface area (Å²) in [5.41, 5.74) is 7.23. The Balaban J connectivity index is 2.29. The lowest BCUT2D eigenvalue weighted by molar-refractivity contribution is -0.135. The number of amides is 1. The van der Waals surface area contributed by atoms with E-state index in [1.807, 2.05) is 29.9 Å². The van der Waals surface area contributed by atoms with Gasteiger partial charge in [-0.05, 0) is 18.9 Å². The van der Waals surface area contributed by atoms with Gasteiger partial charge in [0.15, 0.2) is 0 Å². The molecular formula is C15H24N4O. The third-order valence-corrected chi connectivity index (χ3v) is 3.88. The Kier molecular flexibility index (Phi) is 4.16. The Morgan fingerprint density at radius 2 is 2.25 bits per heavy atom. The molecule has 0 unspecified atom stereocenters. The highest BCUT2D eigenvalue weighted by Crippen LogP contribution is 2.34. The zero-order chi connectivity index (χ0) is 14.8. The average Bonchev–Trinajstić information content (AvgIpc) is 2.68. The summed E-state index contributed by atoms with van der Waals surface area (Å²) in [4.78, 5) is 16.6. The van der Waals surface area contributed by atoms with Crippen LogP contribution in [0.2, 0.25) is 0 Å². The third kappa shape index (κ3) is 2.71. The molecule has 1 aliphatic rings. The van der Waals surface area contributed by atoms with Gasteiger partial charge in [-0.1, -0.05) is 27.2 Å². The minimum atomic E-state index is -0.285. The van der Waals surface area contributed by atoms with Crippen LogP contribution in [0.25, 0.3) is 0 Å². The van der Waals surface area contributed by atoms with Crippen molar-refractivity contribution >= 4 is 17.3 Å². The number of hydrogen-bond donors (Lipinski definition) is 1. The molecule has 1 aromatic heterocycles. The molecule has 20 heavy (non-hydrogen) atoms. The molecule has 0 aliphatic carbocycles. The maximum absolute atomic E-state index is 12.5. The van der Waals surface area contributed by atoms with Gasteiger partial charge in [0.2, 0.25) is 5.91 Å². The van der Waals surface area contributed by atoms with Crippen LogP contribution >= 0.6 is 0 Å². The maximum atomic E-state index is 12.5. The second kappa shape index (κ2) is 5.69. The summed E-state index contributed by atoms with van der Waals surface area (Å²) in [7, 11) is 0. The second-order valence-electron chi connectivity index (χ2n) is 5.97. The first-order valence-corrected chi connectivity index (χ1v) is 7.26. The SMILES string of the molecule is CCCCN(c1ccncc1N)N1CCC(C)(C)C1=O. The monoisotopic (exact) mass is 276 g/mol. The van der Waals surface area contributed by atoms with Gasteiger partial charge in [-0.2, -0.15) is 0 Å². The normalized spacial score (nSPS) is 17.6. The molecule has 2 heterocycles. The third-order valence-electron chi connectivity index (χ3n) is 3.88. The van der Waals surface area contributed by atoms with Crippen molar-refractivity contribution in [2.45, 2.75) is 40.0 Å². The van der Waals surface area contributed by atoms with E-state index in [0.717, 1.165) is 38.0 Å². The van der Waals surface area contributed by atoms with Crippen molar-refractivity contribution in [1.29, 1.82) is 0 Å². The zero-order valence-corrected chi connectivity index (χ0v) is 12.6. The van der Waals surface area contributed by atoms with E-state index in [1.165, 1.54) is 0 Å². The average molecular weight is 276 g/mol. The predicted molar refractivity (Wildman–Crippen MR) is 81.0 cm³/mol. The number of hydrazine groups is 1. The highest BCUT2D eigenvalue weighted by Gasteiger charge is 2.41. The van der Waals surface area contributed by atoms with Crippen LogP contribution in [0, 0.1) is 5.41 Å². The van der Waals surface area contributed by atoms with Crippen molar-refractivity contribution in [3.05, 3.63) is 18.5 Å². The fourth-order valence-corrected chi connectivity index (χ4v) is 2.49. The van der Waals surface area contributed by atoms with Crippen LogP contribution in [0.1, 0.15) is 40.0 Å². The van der Waals surface area contributed by atoms with Crippen LogP contribution in [0.3, 0.4) is 0 Å². The standard InChI is InChI=1S/C15H24N4O/c1-4-5-9-18(13-6-8-17-11-12(13)16)19-10-7-15(2,3)14(19)20/h6,8,11H,4-5,7,9-10,16H2,1-3H3. The number of anilines is 2. The number of carbonyl (C=O) groups is 1. The van der Waals surface area contributed by atoms with Gasteiger partial charge in [0.05, 0.1) is 17.6 Å². The smallest absolute Gasteiger partial charge is 0.246 e. The van der Waals surface area contributed by atoms with Gasteiger partial charge < -0.3 is 5.73 Å². The van der Waals surface area contributed by atoms with E-state index < -0.39 is 0 Å². The van der Waals surface area contributed by atoms with Gasteiger partial charge in [0.25, 0.3) is 0 Å². The number of carbonyl (C=O) groups excluding carboxylic acids is 1. The molecule has 5 nitrogen and oxygen atoms in total. The van der Waals surface area contributed by atoms with Gasteiger partial charge >= 0.3 is 0 Å². The van der Waals surface area contributed by atoms with Gasteiger partial charge in [-0.25, -0.2) is 0 Å². The fourth-order valence-electron chi connectivity index (χ4n) is 2.49. The fraction of sp³-hybridized carbons (Fsp3) is 0.600. The summed E-state index contributed by atoms with van der Waals surface area (Å²) in [5, 5.41) is 3.87. The van der Waals surface area contributed by atoms with Crippen molar-refractivity contribution in [2.75, 3.05) is 23.8 Å². The minimum Gasteiger partial charge on any atom is -0.396 e.